The van der Waals surface area contributed by atoms with Crippen molar-refractivity contribution in [1.82, 2.24) is 14.5 Å². The second-order valence-corrected chi connectivity index (χ2v) is 13.9. The quantitative estimate of drug-likeness (QED) is 0.157. The first-order valence-electron chi connectivity index (χ1n) is 18.8. The Labute approximate surface area is 325 Å². The predicted molar refractivity (Wildman–Crippen MR) is 230 cm³/mol. The zero-order valence-electron chi connectivity index (χ0n) is 30.5. The first-order valence-corrected chi connectivity index (χ1v) is 18.8. The standard InChI is InChI=1S/C52H35N3O/c1-5-13-36(14-6-1)40-22-24-49-48(32-40)47-23-21-41(33-50(47)55(49)51-34-42(25-27-53-51)37-15-7-2-8-16-37)45-29-44(39-19-11-4-12-20-39)30-46(31-45)56-52-35-43(26-28-54-52)38-17-9-3-10-18-38/h1-35H. The van der Waals surface area contributed by atoms with E-state index in [1.54, 1.807) is 6.20 Å². The van der Waals surface area contributed by atoms with E-state index in [0.717, 1.165) is 66.7 Å². The summed E-state index contributed by atoms with van der Waals surface area (Å²) in [6.45, 7) is 0. The maximum atomic E-state index is 6.58. The Hall–Kier alpha value is -7.56. The first-order chi connectivity index (χ1) is 27.7. The summed E-state index contributed by atoms with van der Waals surface area (Å²) in [5, 5.41) is 2.33. The molecular formula is C52H35N3O. The van der Waals surface area contributed by atoms with E-state index < -0.39 is 0 Å². The van der Waals surface area contributed by atoms with Crippen molar-refractivity contribution in [3.8, 4) is 73.1 Å². The summed E-state index contributed by atoms with van der Waals surface area (Å²) < 4.78 is 8.88. The van der Waals surface area contributed by atoms with E-state index in [1.165, 1.54) is 16.5 Å². The van der Waals surface area contributed by atoms with E-state index in [1.807, 2.05) is 48.7 Å². The monoisotopic (exact) mass is 717 g/mol. The minimum absolute atomic E-state index is 0.539. The van der Waals surface area contributed by atoms with Gasteiger partial charge in [0.1, 0.15) is 11.6 Å². The van der Waals surface area contributed by atoms with Crippen LogP contribution in [-0.4, -0.2) is 14.5 Å². The topological polar surface area (TPSA) is 39.9 Å². The zero-order valence-corrected chi connectivity index (χ0v) is 30.5. The van der Waals surface area contributed by atoms with Gasteiger partial charge >= 0.3 is 0 Å². The summed E-state index contributed by atoms with van der Waals surface area (Å²) >= 11 is 0. The van der Waals surface area contributed by atoms with Crippen LogP contribution in [0.2, 0.25) is 0 Å². The molecule has 0 aliphatic rings. The lowest BCUT2D eigenvalue weighted by atomic mass is 9.97. The van der Waals surface area contributed by atoms with Gasteiger partial charge < -0.3 is 4.74 Å². The number of hydrogen-bond acceptors (Lipinski definition) is 3. The summed E-state index contributed by atoms with van der Waals surface area (Å²) in [6, 6.07) is 70.0. The van der Waals surface area contributed by atoms with Crippen molar-refractivity contribution < 1.29 is 4.74 Å². The molecule has 0 aliphatic carbocycles. The fraction of sp³-hybridized carbons (Fsp3) is 0. The minimum atomic E-state index is 0.539. The third-order valence-corrected chi connectivity index (χ3v) is 10.4. The highest BCUT2D eigenvalue weighted by Gasteiger charge is 2.17. The Kier molecular flexibility index (Phi) is 8.47. The van der Waals surface area contributed by atoms with Gasteiger partial charge in [-0.3, -0.25) is 4.57 Å². The molecule has 0 radical (unpaired) electrons. The van der Waals surface area contributed by atoms with E-state index in [0.29, 0.717) is 11.6 Å². The average Bonchev–Trinajstić information content (AvgIpc) is 3.60. The van der Waals surface area contributed by atoms with E-state index in [9.17, 15) is 0 Å². The van der Waals surface area contributed by atoms with Gasteiger partial charge in [0.25, 0.3) is 0 Å². The number of benzene rings is 7. The molecule has 56 heavy (non-hydrogen) atoms. The molecule has 0 N–H and O–H groups in total. The van der Waals surface area contributed by atoms with Crippen LogP contribution in [0.1, 0.15) is 0 Å². The number of aromatic nitrogens is 3. The van der Waals surface area contributed by atoms with Gasteiger partial charge in [0.15, 0.2) is 0 Å². The van der Waals surface area contributed by atoms with Crippen molar-refractivity contribution >= 4 is 21.8 Å². The van der Waals surface area contributed by atoms with Crippen LogP contribution in [-0.2, 0) is 0 Å². The SMILES string of the molecule is c1ccc(-c2cc(Oc3cc(-c4ccccc4)ccn3)cc(-c3ccc4c5cc(-c6ccccc6)ccc5n(-c5cc(-c6ccccc6)ccn5)c4c3)c2)cc1. The third kappa shape index (κ3) is 6.40. The number of ether oxygens (including phenoxy) is 1. The van der Waals surface area contributed by atoms with Crippen LogP contribution in [0, 0.1) is 0 Å². The zero-order chi connectivity index (χ0) is 37.3. The highest BCUT2D eigenvalue weighted by atomic mass is 16.5. The third-order valence-electron chi connectivity index (χ3n) is 10.4. The van der Waals surface area contributed by atoms with Crippen LogP contribution in [0.4, 0.5) is 0 Å². The minimum Gasteiger partial charge on any atom is -0.439 e. The Morgan fingerprint density at radius 3 is 1.45 bits per heavy atom. The van der Waals surface area contributed by atoms with Gasteiger partial charge in [-0.25, -0.2) is 9.97 Å². The maximum absolute atomic E-state index is 6.58. The summed E-state index contributed by atoms with van der Waals surface area (Å²) in [4.78, 5) is 9.57. The summed E-state index contributed by atoms with van der Waals surface area (Å²) in [7, 11) is 0. The van der Waals surface area contributed by atoms with E-state index >= 15 is 0 Å². The molecular weight excluding hydrogens is 683 g/mol. The number of hydrogen-bond donors (Lipinski definition) is 0. The van der Waals surface area contributed by atoms with Gasteiger partial charge in [0.2, 0.25) is 5.88 Å². The Bertz CT molecular complexity index is 2980. The number of fused-ring (bicyclic) bond motifs is 3. The maximum Gasteiger partial charge on any atom is 0.219 e. The Morgan fingerprint density at radius 1 is 0.321 bits per heavy atom. The first kappa shape index (κ1) is 33.0. The lowest BCUT2D eigenvalue weighted by molar-refractivity contribution is 0.463. The smallest absolute Gasteiger partial charge is 0.219 e. The van der Waals surface area contributed by atoms with E-state index in [-0.39, 0.29) is 0 Å². The fourth-order valence-electron chi connectivity index (χ4n) is 7.63. The van der Waals surface area contributed by atoms with Crippen molar-refractivity contribution in [1.29, 1.82) is 0 Å². The molecule has 0 atom stereocenters. The van der Waals surface area contributed by atoms with E-state index in [4.69, 9.17) is 9.72 Å². The molecule has 7 aromatic carbocycles. The van der Waals surface area contributed by atoms with Crippen molar-refractivity contribution in [2.75, 3.05) is 0 Å². The fourth-order valence-corrected chi connectivity index (χ4v) is 7.63. The molecule has 0 aliphatic heterocycles. The highest BCUT2D eigenvalue weighted by Crippen LogP contribution is 2.39. The Morgan fingerprint density at radius 2 is 0.821 bits per heavy atom. The summed E-state index contributed by atoms with van der Waals surface area (Å²) in [5.74, 6) is 2.11. The molecule has 0 fully saturated rings. The molecule has 4 nitrogen and oxygen atoms in total. The summed E-state index contributed by atoms with van der Waals surface area (Å²) in [5.41, 5.74) is 13.2. The second kappa shape index (κ2) is 14.3. The van der Waals surface area contributed by atoms with Crippen LogP contribution in [0.3, 0.4) is 0 Å². The molecule has 10 rings (SSSR count). The molecule has 0 amide bonds. The second-order valence-electron chi connectivity index (χ2n) is 13.9. The molecule has 10 aromatic rings. The van der Waals surface area contributed by atoms with E-state index in [2.05, 4.69) is 167 Å². The predicted octanol–water partition coefficient (Wildman–Crippen LogP) is 13.7. The van der Waals surface area contributed by atoms with Gasteiger partial charge in [-0.2, -0.15) is 0 Å². The van der Waals surface area contributed by atoms with Crippen molar-refractivity contribution in [3.63, 3.8) is 0 Å². The molecule has 3 aromatic heterocycles. The van der Waals surface area contributed by atoms with Crippen LogP contribution in [0.25, 0.3) is 83.3 Å². The molecule has 4 heteroatoms. The molecule has 0 bridgehead atoms. The molecule has 3 heterocycles. The number of nitrogens with zero attached hydrogens (tertiary/aromatic N) is 3. The summed E-state index contributed by atoms with van der Waals surface area (Å²) in [6.07, 6.45) is 3.71. The largest absolute Gasteiger partial charge is 0.439 e. The van der Waals surface area contributed by atoms with Gasteiger partial charge in [0.05, 0.1) is 11.0 Å². The van der Waals surface area contributed by atoms with Gasteiger partial charge in [0, 0.05) is 29.2 Å². The molecule has 0 saturated heterocycles. The molecule has 0 spiro atoms. The van der Waals surface area contributed by atoms with Gasteiger partial charge in [-0.1, -0.05) is 140 Å². The molecule has 0 unspecified atom stereocenters. The lowest BCUT2D eigenvalue weighted by Gasteiger charge is -2.13. The molecule has 0 saturated carbocycles. The Balaban J connectivity index is 1.14. The van der Waals surface area contributed by atoms with Crippen LogP contribution >= 0.6 is 0 Å². The van der Waals surface area contributed by atoms with Crippen molar-refractivity contribution in [3.05, 3.63) is 213 Å². The normalized spacial score (nSPS) is 11.2. The number of pyridine rings is 2. The average molecular weight is 718 g/mol. The lowest BCUT2D eigenvalue weighted by Crippen LogP contribution is -1.98. The van der Waals surface area contributed by atoms with Crippen LogP contribution in [0.15, 0.2) is 213 Å². The van der Waals surface area contributed by atoms with Gasteiger partial charge in [-0.05, 0) is 110 Å². The van der Waals surface area contributed by atoms with Crippen molar-refractivity contribution in [2.24, 2.45) is 0 Å². The van der Waals surface area contributed by atoms with Gasteiger partial charge in [-0.15, -0.1) is 0 Å². The highest BCUT2D eigenvalue weighted by molar-refractivity contribution is 6.11. The molecule has 264 valence electrons. The number of rotatable bonds is 8. The van der Waals surface area contributed by atoms with Crippen LogP contribution < -0.4 is 4.74 Å². The van der Waals surface area contributed by atoms with Crippen molar-refractivity contribution in [2.45, 2.75) is 0 Å². The van der Waals surface area contributed by atoms with Crippen LogP contribution in [0.5, 0.6) is 11.6 Å².